The average Bonchev–Trinajstić information content (AvgIpc) is 2.92. The number of ether oxygens (including phenoxy) is 2. The van der Waals surface area contributed by atoms with Gasteiger partial charge in [-0.1, -0.05) is 30.3 Å². The number of carbonyl (C=O) groups is 1. The van der Waals surface area contributed by atoms with E-state index in [1.54, 1.807) is 31.9 Å². The molecule has 1 aliphatic heterocycles. The van der Waals surface area contributed by atoms with Crippen LogP contribution < -0.4 is 9.64 Å². The van der Waals surface area contributed by atoms with Gasteiger partial charge in [-0.2, -0.15) is 0 Å². The lowest BCUT2D eigenvalue weighted by atomic mass is 10.0. The summed E-state index contributed by atoms with van der Waals surface area (Å²) in [5, 5.41) is 0.796. The number of hydrogen-bond acceptors (Lipinski definition) is 8. The highest BCUT2D eigenvalue weighted by Crippen LogP contribution is 2.35. The monoisotopic (exact) mass is 512 g/mol. The molecule has 5 rings (SSSR count). The van der Waals surface area contributed by atoms with Crippen molar-refractivity contribution in [3.05, 3.63) is 72.8 Å². The molecule has 4 heterocycles. The standard InChI is InChI=1S/C29H32N6O3/c1-29(2,3)38-28(36)35-15-14-34(19-22(35)16-20-8-6-5-7-9-20)27-25-23(17-31-18-24(25)37-4)32-26(33-27)21-10-12-30-13-11-21/h5-13,17-18,22H,14-16,19H2,1-4H3. The van der Waals surface area contributed by atoms with Gasteiger partial charge in [0.2, 0.25) is 0 Å². The van der Waals surface area contributed by atoms with Crippen LogP contribution in [0.15, 0.2) is 67.3 Å². The molecule has 0 radical (unpaired) electrons. The van der Waals surface area contributed by atoms with Crippen LogP contribution in [-0.4, -0.2) is 69.3 Å². The van der Waals surface area contributed by atoms with Crippen molar-refractivity contribution >= 4 is 22.8 Å². The van der Waals surface area contributed by atoms with Gasteiger partial charge in [0.25, 0.3) is 0 Å². The molecule has 0 bridgehead atoms. The Labute approximate surface area is 222 Å². The summed E-state index contributed by atoms with van der Waals surface area (Å²) in [6.45, 7) is 7.32. The minimum Gasteiger partial charge on any atom is -0.494 e. The maximum Gasteiger partial charge on any atom is 0.410 e. The topological polar surface area (TPSA) is 93.6 Å². The Morgan fingerprint density at radius 2 is 1.76 bits per heavy atom. The first kappa shape index (κ1) is 25.4. The number of anilines is 1. The number of fused-ring (bicyclic) bond motifs is 1. The summed E-state index contributed by atoms with van der Waals surface area (Å²) in [6, 6.07) is 13.9. The summed E-state index contributed by atoms with van der Waals surface area (Å²) >= 11 is 0. The summed E-state index contributed by atoms with van der Waals surface area (Å²) in [5.74, 6) is 1.94. The molecule has 1 fully saturated rings. The molecule has 1 aliphatic rings. The van der Waals surface area contributed by atoms with Gasteiger partial charge in [-0.25, -0.2) is 14.8 Å². The Morgan fingerprint density at radius 1 is 1.00 bits per heavy atom. The minimum absolute atomic E-state index is 0.122. The molecule has 1 saturated heterocycles. The van der Waals surface area contributed by atoms with Crippen molar-refractivity contribution in [2.24, 2.45) is 0 Å². The van der Waals surface area contributed by atoms with E-state index in [0.717, 1.165) is 22.3 Å². The molecule has 3 aromatic heterocycles. The van der Waals surface area contributed by atoms with Gasteiger partial charge >= 0.3 is 6.09 Å². The Kier molecular flexibility index (Phi) is 7.09. The van der Waals surface area contributed by atoms with Gasteiger partial charge in [-0.05, 0) is 44.9 Å². The number of nitrogens with zero attached hydrogens (tertiary/aromatic N) is 6. The van der Waals surface area contributed by atoms with Crippen molar-refractivity contribution in [3.63, 3.8) is 0 Å². The van der Waals surface area contributed by atoms with Crippen molar-refractivity contribution in [2.45, 2.75) is 38.8 Å². The lowest BCUT2D eigenvalue weighted by molar-refractivity contribution is 0.0141. The fourth-order valence-corrected chi connectivity index (χ4v) is 4.72. The number of piperazine rings is 1. The van der Waals surface area contributed by atoms with Crippen LogP contribution in [0, 0.1) is 0 Å². The van der Waals surface area contributed by atoms with Gasteiger partial charge in [0.1, 0.15) is 17.2 Å². The van der Waals surface area contributed by atoms with E-state index in [1.165, 1.54) is 0 Å². The number of methoxy groups -OCH3 is 1. The zero-order chi connectivity index (χ0) is 26.7. The maximum absolute atomic E-state index is 13.2. The van der Waals surface area contributed by atoms with Gasteiger partial charge < -0.3 is 19.3 Å². The Hall–Kier alpha value is -4.27. The Bertz CT molecular complexity index is 1410. The molecular formula is C29H32N6O3. The smallest absolute Gasteiger partial charge is 0.410 e. The number of rotatable bonds is 5. The van der Waals surface area contributed by atoms with Crippen LogP contribution in [-0.2, 0) is 11.2 Å². The van der Waals surface area contributed by atoms with E-state index in [2.05, 4.69) is 27.0 Å². The van der Waals surface area contributed by atoms with E-state index in [4.69, 9.17) is 19.4 Å². The van der Waals surface area contributed by atoms with Gasteiger partial charge in [-0.3, -0.25) is 9.97 Å². The van der Waals surface area contributed by atoms with Crippen LogP contribution in [0.4, 0.5) is 10.6 Å². The molecule has 0 saturated carbocycles. The van der Waals surface area contributed by atoms with Crippen molar-refractivity contribution in [1.29, 1.82) is 0 Å². The summed E-state index contributed by atoms with van der Waals surface area (Å²) in [4.78, 5) is 35.6. The second-order valence-corrected chi connectivity index (χ2v) is 10.3. The molecular weight excluding hydrogens is 480 g/mol. The first-order chi connectivity index (χ1) is 18.3. The largest absolute Gasteiger partial charge is 0.494 e. The molecule has 9 heteroatoms. The molecule has 38 heavy (non-hydrogen) atoms. The third kappa shape index (κ3) is 5.51. The quantitative estimate of drug-likeness (QED) is 0.378. The van der Waals surface area contributed by atoms with Crippen molar-refractivity contribution in [2.75, 3.05) is 31.6 Å². The summed E-state index contributed by atoms with van der Waals surface area (Å²) < 4.78 is 11.5. The Morgan fingerprint density at radius 3 is 2.47 bits per heavy atom. The third-order valence-electron chi connectivity index (χ3n) is 6.44. The van der Waals surface area contributed by atoms with Crippen LogP contribution >= 0.6 is 0 Å². The molecule has 1 unspecified atom stereocenters. The van der Waals surface area contributed by atoms with E-state index < -0.39 is 5.60 Å². The molecule has 196 valence electrons. The normalized spacial score (nSPS) is 15.9. The molecule has 1 aromatic carbocycles. The van der Waals surface area contributed by atoms with E-state index in [9.17, 15) is 4.79 Å². The fourth-order valence-electron chi connectivity index (χ4n) is 4.72. The predicted octanol–water partition coefficient (Wildman–Crippen LogP) is 4.76. The van der Waals surface area contributed by atoms with Gasteiger partial charge in [0.15, 0.2) is 5.82 Å². The highest BCUT2D eigenvalue weighted by molar-refractivity contribution is 5.95. The van der Waals surface area contributed by atoms with E-state index in [1.807, 2.05) is 56.0 Å². The van der Waals surface area contributed by atoms with Gasteiger partial charge in [0.05, 0.1) is 36.4 Å². The summed E-state index contributed by atoms with van der Waals surface area (Å²) in [6.07, 6.45) is 7.25. The second-order valence-electron chi connectivity index (χ2n) is 10.3. The number of pyridine rings is 2. The first-order valence-corrected chi connectivity index (χ1v) is 12.7. The zero-order valence-electron chi connectivity index (χ0n) is 22.2. The van der Waals surface area contributed by atoms with Crippen molar-refractivity contribution < 1.29 is 14.3 Å². The minimum atomic E-state index is -0.575. The van der Waals surface area contributed by atoms with Gasteiger partial charge in [0, 0.05) is 37.6 Å². The van der Waals surface area contributed by atoms with E-state index in [0.29, 0.717) is 43.1 Å². The molecule has 0 N–H and O–H groups in total. The number of aromatic nitrogens is 4. The highest BCUT2D eigenvalue weighted by Gasteiger charge is 2.35. The van der Waals surface area contributed by atoms with E-state index >= 15 is 0 Å². The van der Waals surface area contributed by atoms with Crippen molar-refractivity contribution in [3.8, 4) is 17.1 Å². The second kappa shape index (κ2) is 10.6. The predicted molar refractivity (Wildman–Crippen MR) is 146 cm³/mol. The lowest BCUT2D eigenvalue weighted by Gasteiger charge is -2.42. The zero-order valence-corrected chi connectivity index (χ0v) is 22.2. The van der Waals surface area contributed by atoms with Crippen LogP contribution in [0.5, 0.6) is 5.75 Å². The van der Waals surface area contributed by atoms with Crippen molar-refractivity contribution in [1.82, 2.24) is 24.8 Å². The first-order valence-electron chi connectivity index (χ1n) is 12.7. The summed E-state index contributed by atoms with van der Waals surface area (Å²) in [7, 11) is 1.62. The Balaban J connectivity index is 1.56. The number of carbonyl (C=O) groups excluding carboxylic acids is 1. The van der Waals surface area contributed by atoms with Crippen LogP contribution in [0.2, 0.25) is 0 Å². The molecule has 4 aromatic rings. The average molecular weight is 513 g/mol. The van der Waals surface area contributed by atoms with Crippen LogP contribution in [0.3, 0.4) is 0 Å². The van der Waals surface area contributed by atoms with Crippen LogP contribution in [0.25, 0.3) is 22.3 Å². The van der Waals surface area contributed by atoms with E-state index in [-0.39, 0.29) is 12.1 Å². The molecule has 1 atom stereocenters. The molecule has 1 amide bonds. The summed E-state index contributed by atoms with van der Waals surface area (Å²) in [5.41, 5.74) is 2.13. The fraction of sp³-hybridized carbons (Fsp3) is 0.345. The number of benzene rings is 1. The molecule has 0 spiro atoms. The number of amides is 1. The maximum atomic E-state index is 13.2. The molecule has 9 nitrogen and oxygen atoms in total. The lowest BCUT2D eigenvalue weighted by Crippen LogP contribution is -2.57. The van der Waals surface area contributed by atoms with Crippen LogP contribution in [0.1, 0.15) is 26.3 Å². The third-order valence-corrected chi connectivity index (χ3v) is 6.44. The number of hydrogen-bond donors (Lipinski definition) is 0. The SMILES string of the molecule is COc1cncc2nc(-c3ccncc3)nc(N3CCN(C(=O)OC(C)(C)C)C(Cc4ccccc4)C3)c12. The van der Waals surface area contributed by atoms with Gasteiger partial charge in [-0.15, -0.1) is 0 Å². The molecule has 0 aliphatic carbocycles. The highest BCUT2D eigenvalue weighted by atomic mass is 16.6.